The second-order valence-corrected chi connectivity index (χ2v) is 4.57. The van der Waals surface area contributed by atoms with E-state index in [1.54, 1.807) is 6.92 Å². The summed E-state index contributed by atoms with van der Waals surface area (Å²) in [6.07, 6.45) is 1.62. The number of non-ortho nitro benzene ring substituents is 1. The van der Waals surface area contributed by atoms with E-state index in [9.17, 15) is 14.9 Å². The predicted molar refractivity (Wildman–Crippen MR) is 76.2 cm³/mol. The van der Waals surface area contributed by atoms with Crippen molar-refractivity contribution in [2.24, 2.45) is 0 Å². The monoisotopic (exact) mass is 289 g/mol. The molecule has 0 aliphatic heterocycles. The molecule has 0 atom stereocenters. The molecule has 2 N–H and O–H groups in total. The van der Waals surface area contributed by atoms with Gasteiger partial charge in [0.1, 0.15) is 5.82 Å². The summed E-state index contributed by atoms with van der Waals surface area (Å²) in [4.78, 5) is 26.3. The maximum absolute atomic E-state index is 12.0. The fraction of sp³-hybridized carbons (Fsp3) is 0.308. The number of nitro groups is 1. The zero-order chi connectivity index (χ0) is 15.4. The highest BCUT2D eigenvalue weighted by atomic mass is 16.6. The number of anilines is 1. The van der Waals surface area contributed by atoms with Crippen molar-refractivity contribution in [3.8, 4) is 0 Å². The SMILES string of the molecule is CCCc1nc(C(=O)Nc2ccc([N+](=O)[O-])cc2C)n[nH]1. The Morgan fingerprint density at radius 1 is 1.48 bits per heavy atom. The first-order valence-corrected chi connectivity index (χ1v) is 6.49. The number of benzene rings is 1. The number of aromatic amines is 1. The molecule has 1 aromatic carbocycles. The fourth-order valence-electron chi connectivity index (χ4n) is 1.83. The first kappa shape index (κ1) is 14.6. The minimum atomic E-state index is -0.481. The van der Waals surface area contributed by atoms with E-state index in [1.807, 2.05) is 6.92 Å². The van der Waals surface area contributed by atoms with E-state index in [0.29, 0.717) is 17.1 Å². The van der Waals surface area contributed by atoms with Crippen molar-refractivity contribution in [1.82, 2.24) is 15.2 Å². The fourth-order valence-corrected chi connectivity index (χ4v) is 1.83. The third-order valence-corrected chi connectivity index (χ3v) is 2.89. The van der Waals surface area contributed by atoms with Gasteiger partial charge in [0.2, 0.25) is 5.82 Å². The van der Waals surface area contributed by atoms with Crippen molar-refractivity contribution < 1.29 is 9.72 Å². The van der Waals surface area contributed by atoms with Crippen molar-refractivity contribution in [2.45, 2.75) is 26.7 Å². The van der Waals surface area contributed by atoms with Gasteiger partial charge >= 0.3 is 0 Å². The number of carbonyl (C=O) groups is 1. The number of carbonyl (C=O) groups excluding carboxylic acids is 1. The van der Waals surface area contributed by atoms with Gasteiger partial charge in [-0.05, 0) is 25.0 Å². The minimum absolute atomic E-state index is 0.0198. The quantitative estimate of drug-likeness (QED) is 0.647. The molecule has 0 saturated carbocycles. The van der Waals surface area contributed by atoms with Crippen LogP contribution in [-0.4, -0.2) is 26.0 Å². The van der Waals surface area contributed by atoms with Crippen molar-refractivity contribution in [1.29, 1.82) is 0 Å². The molecule has 2 rings (SSSR count). The first-order valence-electron chi connectivity index (χ1n) is 6.49. The third kappa shape index (κ3) is 3.41. The number of aromatic nitrogens is 3. The molecule has 0 saturated heterocycles. The molecule has 1 amide bonds. The average molecular weight is 289 g/mol. The average Bonchev–Trinajstić information content (AvgIpc) is 2.90. The van der Waals surface area contributed by atoms with Crippen molar-refractivity contribution in [2.75, 3.05) is 5.32 Å². The lowest BCUT2D eigenvalue weighted by Crippen LogP contribution is -2.14. The van der Waals surface area contributed by atoms with Crippen LogP contribution in [0.2, 0.25) is 0 Å². The molecule has 0 unspecified atom stereocenters. The first-order chi connectivity index (χ1) is 10.0. The second kappa shape index (κ2) is 6.12. The van der Waals surface area contributed by atoms with Gasteiger partial charge in [-0.1, -0.05) is 6.92 Å². The number of nitrogens with one attached hydrogen (secondary N) is 2. The molecule has 0 aliphatic carbocycles. The molecular weight excluding hydrogens is 274 g/mol. The highest BCUT2D eigenvalue weighted by Crippen LogP contribution is 2.21. The van der Waals surface area contributed by atoms with Crippen LogP contribution >= 0.6 is 0 Å². The molecule has 1 aromatic heterocycles. The van der Waals surface area contributed by atoms with Gasteiger partial charge in [-0.2, -0.15) is 0 Å². The molecular formula is C13H15N5O3. The maximum atomic E-state index is 12.0. The lowest BCUT2D eigenvalue weighted by Gasteiger charge is -2.06. The molecule has 110 valence electrons. The normalized spacial score (nSPS) is 10.4. The number of hydrogen-bond donors (Lipinski definition) is 2. The van der Waals surface area contributed by atoms with Gasteiger partial charge in [0.25, 0.3) is 11.6 Å². The topological polar surface area (TPSA) is 114 Å². The van der Waals surface area contributed by atoms with E-state index < -0.39 is 10.8 Å². The molecule has 0 bridgehead atoms. The van der Waals surface area contributed by atoms with Crippen LogP contribution < -0.4 is 5.32 Å². The number of H-pyrrole nitrogens is 1. The van der Waals surface area contributed by atoms with Crippen LogP contribution in [-0.2, 0) is 6.42 Å². The molecule has 8 heteroatoms. The molecule has 21 heavy (non-hydrogen) atoms. The number of hydrogen-bond acceptors (Lipinski definition) is 5. The molecule has 8 nitrogen and oxygen atoms in total. The standard InChI is InChI=1S/C13H15N5O3/c1-3-4-11-15-12(17-16-11)13(19)14-10-6-5-9(18(20)21)7-8(10)2/h5-7H,3-4H2,1-2H3,(H,14,19)(H,15,16,17). The van der Waals surface area contributed by atoms with Gasteiger partial charge in [0.15, 0.2) is 0 Å². The van der Waals surface area contributed by atoms with Crippen LogP contribution in [0.15, 0.2) is 18.2 Å². The van der Waals surface area contributed by atoms with Gasteiger partial charge in [0.05, 0.1) is 4.92 Å². The van der Waals surface area contributed by atoms with Crippen LogP contribution in [0.4, 0.5) is 11.4 Å². The zero-order valence-electron chi connectivity index (χ0n) is 11.7. The highest BCUT2D eigenvalue weighted by molar-refractivity contribution is 6.02. The Balaban J connectivity index is 2.13. The Hall–Kier alpha value is -2.77. The van der Waals surface area contributed by atoms with E-state index in [2.05, 4.69) is 20.5 Å². The number of nitro benzene ring substituents is 1. The van der Waals surface area contributed by atoms with Crippen LogP contribution in [0.1, 0.15) is 35.4 Å². The van der Waals surface area contributed by atoms with Gasteiger partial charge in [0, 0.05) is 24.2 Å². The van der Waals surface area contributed by atoms with Crippen molar-refractivity contribution in [3.05, 3.63) is 45.5 Å². The Kier molecular flexibility index (Phi) is 4.27. The van der Waals surface area contributed by atoms with Gasteiger partial charge in [-0.15, -0.1) is 5.10 Å². The number of amides is 1. The predicted octanol–water partition coefficient (Wildman–Crippen LogP) is 2.23. The Morgan fingerprint density at radius 3 is 2.86 bits per heavy atom. The number of nitrogens with zero attached hydrogens (tertiary/aromatic N) is 3. The highest BCUT2D eigenvalue weighted by Gasteiger charge is 2.15. The van der Waals surface area contributed by atoms with E-state index in [0.717, 1.165) is 12.8 Å². The summed E-state index contributed by atoms with van der Waals surface area (Å²) >= 11 is 0. The summed E-state index contributed by atoms with van der Waals surface area (Å²) in [6, 6.07) is 4.23. The number of aryl methyl sites for hydroxylation is 2. The Bertz CT molecular complexity index is 680. The summed E-state index contributed by atoms with van der Waals surface area (Å²) in [6.45, 7) is 3.69. The Morgan fingerprint density at radius 2 is 2.24 bits per heavy atom. The van der Waals surface area contributed by atoms with Crippen molar-refractivity contribution in [3.63, 3.8) is 0 Å². The summed E-state index contributed by atoms with van der Waals surface area (Å²) in [5.74, 6) is 0.254. The summed E-state index contributed by atoms with van der Waals surface area (Å²) < 4.78 is 0. The summed E-state index contributed by atoms with van der Waals surface area (Å²) in [7, 11) is 0. The van der Waals surface area contributed by atoms with E-state index in [-0.39, 0.29) is 11.5 Å². The van der Waals surface area contributed by atoms with Gasteiger partial charge < -0.3 is 5.32 Å². The number of rotatable bonds is 5. The van der Waals surface area contributed by atoms with Crippen LogP contribution in [0, 0.1) is 17.0 Å². The molecule has 0 radical (unpaired) electrons. The maximum Gasteiger partial charge on any atom is 0.295 e. The summed E-state index contributed by atoms with van der Waals surface area (Å²) in [5.41, 5.74) is 1.07. The van der Waals surface area contributed by atoms with Gasteiger partial charge in [-0.25, -0.2) is 4.98 Å². The molecule has 0 fully saturated rings. The van der Waals surface area contributed by atoms with E-state index in [1.165, 1.54) is 18.2 Å². The van der Waals surface area contributed by atoms with Crippen LogP contribution in [0.3, 0.4) is 0 Å². The molecule has 0 aliphatic rings. The lowest BCUT2D eigenvalue weighted by molar-refractivity contribution is -0.384. The zero-order valence-corrected chi connectivity index (χ0v) is 11.7. The Labute approximate surface area is 120 Å². The van der Waals surface area contributed by atoms with Crippen molar-refractivity contribution >= 4 is 17.3 Å². The van der Waals surface area contributed by atoms with Gasteiger partial charge in [-0.3, -0.25) is 20.0 Å². The van der Waals surface area contributed by atoms with E-state index >= 15 is 0 Å². The molecule has 0 spiro atoms. The second-order valence-electron chi connectivity index (χ2n) is 4.57. The third-order valence-electron chi connectivity index (χ3n) is 2.89. The van der Waals surface area contributed by atoms with Crippen LogP contribution in [0.25, 0.3) is 0 Å². The minimum Gasteiger partial charge on any atom is -0.319 e. The van der Waals surface area contributed by atoms with Crippen LogP contribution in [0.5, 0.6) is 0 Å². The largest absolute Gasteiger partial charge is 0.319 e. The lowest BCUT2D eigenvalue weighted by atomic mass is 10.2. The molecule has 2 aromatic rings. The molecule has 1 heterocycles. The van der Waals surface area contributed by atoms with E-state index in [4.69, 9.17) is 0 Å². The smallest absolute Gasteiger partial charge is 0.295 e. The summed E-state index contributed by atoms with van der Waals surface area (Å²) in [5, 5.41) is 19.9.